The van der Waals surface area contributed by atoms with Crippen molar-refractivity contribution in [3.05, 3.63) is 0 Å². The SMILES string of the molecule is CCO[C@@H]1C[C@@H](N(C)C(=O)[C@H]2CCOC2)C12CCCC2. The van der Waals surface area contributed by atoms with Gasteiger partial charge in [-0.15, -0.1) is 0 Å². The molecule has 1 saturated heterocycles. The average molecular weight is 281 g/mol. The molecule has 0 unspecified atom stereocenters. The molecule has 114 valence electrons. The van der Waals surface area contributed by atoms with Crippen LogP contribution in [0, 0.1) is 11.3 Å². The normalized spacial score (nSPS) is 35.2. The second-order valence-electron chi connectivity index (χ2n) is 6.65. The molecule has 1 amide bonds. The Morgan fingerprint density at radius 3 is 2.75 bits per heavy atom. The van der Waals surface area contributed by atoms with Gasteiger partial charge in [-0.05, 0) is 32.6 Å². The maximum atomic E-state index is 12.6. The van der Waals surface area contributed by atoms with Crippen molar-refractivity contribution in [2.24, 2.45) is 11.3 Å². The first kappa shape index (κ1) is 14.3. The van der Waals surface area contributed by atoms with Crippen molar-refractivity contribution in [3.8, 4) is 0 Å². The lowest BCUT2D eigenvalue weighted by Gasteiger charge is -2.57. The number of rotatable bonds is 4. The van der Waals surface area contributed by atoms with Crippen LogP contribution in [0.15, 0.2) is 0 Å². The molecule has 3 fully saturated rings. The molecule has 4 nitrogen and oxygen atoms in total. The zero-order chi connectivity index (χ0) is 14.2. The Balaban J connectivity index is 1.68. The number of nitrogens with zero attached hydrogens (tertiary/aromatic N) is 1. The summed E-state index contributed by atoms with van der Waals surface area (Å²) in [5.74, 6) is 0.373. The van der Waals surface area contributed by atoms with Crippen LogP contribution in [0.25, 0.3) is 0 Å². The van der Waals surface area contributed by atoms with E-state index in [1.165, 1.54) is 25.7 Å². The largest absolute Gasteiger partial charge is 0.381 e. The zero-order valence-electron chi connectivity index (χ0n) is 12.8. The Morgan fingerprint density at radius 2 is 2.15 bits per heavy atom. The lowest BCUT2D eigenvalue weighted by Crippen LogP contribution is -2.64. The Kier molecular flexibility index (Phi) is 4.04. The minimum absolute atomic E-state index is 0.0876. The summed E-state index contributed by atoms with van der Waals surface area (Å²) in [6, 6.07) is 0.384. The molecule has 20 heavy (non-hydrogen) atoms. The predicted molar refractivity (Wildman–Crippen MR) is 76.4 cm³/mol. The van der Waals surface area contributed by atoms with Gasteiger partial charge >= 0.3 is 0 Å². The van der Waals surface area contributed by atoms with E-state index in [9.17, 15) is 4.79 Å². The zero-order valence-corrected chi connectivity index (χ0v) is 12.8. The molecular formula is C16H27NO3. The molecule has 0 aromatic rings. The van der Waals surface area contributed by atoms with Gasteiger partial charge in [0, 0.05) is 31.7 Å². The smallest absolute Gasteiger partial charge is 0.228 e. The fourth-order valence-electron chi connectivity index (χ4n) is 4.56. The van der Waals surface area contributed by atoms with Crippen molar-refractivity contribution in [1.82, 2.24) is 4.90 Å². The minimum atomic E-state index is 0.0876. The molecule has 0 aromatic heterocycles. The standard InChI is InChI=1S/C16H27NO3/c1-3-20-14-10-13(16(14)7-4-5-8-16)17(2)15(18)12-6-9-19-11-12/h12-14H,3-11H2,1-2H3/t12-,13+,14+/m0/s1. The number of amides is 1. The second-order valence-corrected chi connectivity index (χ2v) is 6.65. The molecule has 4 heteroatoms. The van der Waals surface area contributed by atoms with Crippen molar-refractivity contribution < 1.29 is 14.3 Å². The Morgan fingerprint density at radius 1 is 1.40 bits per heavy atom. The van der Waals surface area contributed by atoms with Gasteiger partial charge < -0.3 is 14.4 Å². The molecule has 2 saturated carbocycles. The maximum Gasteiger partial charge on any atom is 0.228 e. The average Bonchev–Trinajstić information content (AvgIpc) is 3.13. The van der Waals surface area contributed by atoms with E-state index >= 15 is 0 Å². The summed E-state index contributed by atoms with van der Waals surface area (Å²) in [6.45, 7) is 4.20. The molecule has 0 aromatic carbocycles. The Hall–Kier alpha value is -0.610. The topological polar surface area (TPSA) is 38.8 Å². The summed E-state index contributed by atoms with van der Waals surface area (Å²) in [4.78, 5) is 14.6. The molecule has 1 spiro atoms. The summed E-state index contributed by atoms with van der Waals surface area (Å²) >= 11 is 0. The first-order chi connectivity index (χ1) is 9.69. The van der Waals surface area contributed by atoms with Gasteiger partial charge in [0.1, 0.15) is 0 Å². The summed E-state index contributed by atoms with van der Waals surface area (Å²) < 4.78 is 11.3. The van der Waals surface area contributed by atoms with Crippen LogP contribution in [-0.2, 0) is 14.3 Å². The fourth-order valence-corrected chi connectivity index (χ4v) is 4.56. The number of carbonyl (C=O) groups is 1. The summed E-state index contributed by atoms with van der Waals surface area (Å²) in [6.07, 6.45) is 7.29. The van der Waals surface area contributed by atoms with Crippen LogP contribution in [0.5, 0.6) is 0 Å². The van der Waals surface area contributed by atoms with Gasteiger partial charge in [0.2, 0.25) is 5.91 Å². The molecule has 3 rings (SSSR count). The van der Waals surface area contributed by atoms with E-state index in [2.05, 4.69) is 6.92 Å². The molecule has 0 radical (unpaired) electrons. The lowest BCUT2D eigenvalue weighted by molar-refractivity contribution is -0.174. The summed E-state index contributed by atoms with van der Waals surface area (Å²) in [5.41, 5.74) is 0.250. The van der Waals surface area contributed by atoms with Crippen LogP contribution in [0.3, 0.4) is 0 Å². The fraction of sp³-hybridized carbons (Fsp3) is 0.938. The van der Waals surface area contributed by atoms with Crippen molar-refractivity contribution in [2.45, 2.75) is 57.6 Å². The highest BCUT2D eigenvalue weighted by atomic mass is 16.5. The van der Waals surface area contributed by atoms with E-state index in [4.69, 9.17) is 9.47 Å². The van der Waals surface area contributed by atoms with Gasteiger partial charge in [0.25, 0.3) is 0 Å². The first-order valence-electron chi connectivity index (χ1n) is 8.15. The molecular weight excluding hydrogens is 254 g/mol. The Bertz CT molecular complexity index is 359. The summed E-state index contributed by atoms with van der Waals surface area (Å²) in [7, 11) is 1.99. The van der Waals surface area contributed by atoms with Crippen LogP contribution >= 0.6 is 0 Å². The van der Waals surface area contributed by atoms with Crippen molar-refractivity contribution >= 4 is 5.91 Å². The van der Waals surface area contributed by atoms with Crippen molar-refractivity contribution in [3.63, 3.8) is 0 Å². The minimum Gasteiger partial charge on any atom is -0.381 e. The molecule has 0 bridgehead atoms. The van der Waals surface area contributed by atoms with Gasteiger partial charge in [0.05, 0.1) is 18.6 Å². The number of carbonyl (C=O) groups excluding carboxylic acids is 1. The van der Waals surface area contributed by atoms with E-state index in [-0.39, 0.29) is 17.2 Å². The van der Waals surface area contributed by atoms with Crippen molar-refractivity contribution in [1.29, 1.82) is 0 Å². The lowest BCUT2D eigenvalue weighted by atomic mass is 9.60. The third kappa shape index (κ3) is 2.17. The third-order valence-electron chi connectivity index (χ3n) is 5.74. The van der Waals surface area contributed by atoms with Crippen LogP contribution < -0.4 is 0 Å². The molecule has 2 aliphatic carbocycles. The molecule has 0 N–H and O–H groups in total. The molecule has 3 aliphatic rings. The first-order valence-corrected chi connectivity index (χ1v) is 8.15. The number of hydrogen-bond donors (Lipinski definition) is 0. The van der Waals surface area contributed by atoms with E-state index in [0.717, 1.165) is 26.1 Å². The van der Waals surface area contributed by atoms with Gasteiger partial charge in [-0.1, -0.05) is 12.8 Å². The van der Waals surface area contributed by atoms with Crippen LogP contribution in [0.1, 0.15) is 45.4 Å². The van der Waals surface area contributed by atoms with Crippen LogP contribution in [0.4, 0.5) is 0 Å². The van der Waals surface area contributed by atoms with Gasteiger partial charge in [-0.2, -0.15) is 0 Å². The van der Waals surface area contributed by atoms with E-state index in [1.54, 1.807) is 0 Å². The monoisotopic (exact) mass is 281 g/mol. The highest BCUT2D eigenvalue weighted by Gasteiger charge is 2.59. The molecule has 3 atom stereocenters. The molecule has 1 heterocycles. The molecule has 1 aliphatic heterocycles. The highest BCUT2D eigenvalue weighted by Crippen LogP contribution is 2.56. The third-order valence-corrected chi connectivity index (χ3v) is 5.74. The van der Waals surface area contributed by atoms with Gasteiger partial charge in [-0.3, -0.25) is 4.79 Å². The second kappa shape index (κ2) is 5.64. The van der Waals surface area contributed by atoms with Crippen LogP contribution in [-0.4, -0.2) is 49.8 Å². The highest BCUT2D eigenvalue weighted by molar-refractivity contribution is 5.79. The summed E-state index contributed by atoms with van der Waals surface area (Å²) in [5, 5.41) is 0. The van der Waals surface area contributed by atoms with Crippen molar-refractivity contribution in [2.75, 3.05) is 26.9 Å². The van der Waals surface area contributed by atoms with E-state index in [0.29, 0.717) is 18.8 Å². The quantitative estimate of drug-likeness (QED) is 0.793. The number of hydrogen-bond acceptors (Lipinski definition) is 3. The van der Waals surface area contributed by atoms with E-state index < -0.39 is 0 Å². The number of ether oxygens (including phenoxy) is 2. The van der Waals surface area contributed by atoms with Gasteiger partial charge in [-0.25, -0.2) is 0 Å². The maximum absolute atomic E-state index is 12.6. The van der Waals surface area contributed by atoms with Crippen LogP contribution in [0.2, 0.25) is 0 Å². The van der Waals surface area contributed by atoms with E-state index in [1.807, 2.05) is 11.9 Å². The Labute approximate surface area is 121 Å². The van der Waals surface area contributed by atoms with Gasteiger partial charge in [0.15, 0.2) is 0 Å². The predicted octanol–water partition coefficient (Wildman–Crippen LogP) is 2.22.